The second-order valence-electron chi connectivity index (χ2n) is 6.89. The average Bonchev–Trinajstić information content (AvgIpc) is 2.52. The number of ether oxygens (including phenoxy) is 1. The maximum absolute atomic E-state index is 6.14. The van der Waals surface area contributed by atoms with Crippen molar-refractivity contribution in [3.8, 4) is 11.3 Å². The van der Waals surface area contributed by atoms with E-state index in [4.69, 9.17) is 4.74 Å². The zero-order chi connectivity index (χ0) is 17.1. The van der Waals surface area contributed by atoms with Gasteiger partial charge in [0.25, 0.3) is 0 Å². The quantitative estimate of drug-likeness (QED) is 0.814. The van der Waals surface area contributed by atoms with Crippen molar-refractivity contribution in [2.24, 2.45) is 0 Å². The SMILES string of the molecule is Cc1nnc(-c2ccc(S)cc2)c2c1CC(OC(C)C)CCCC2. The lowest BCUT2D eigenvalue weighted by Gasteiger charge is -2.26. The second-order valence-corrected chi connectivity index (χ2v) is 7.41. The van der Waals surface area contributed by atoms with Crippen molar-refractivity contribution < 1.29 is 4.74 Å². The fraction of sp³-hybridized carbons (Fsp3) is 0.500. The summed E-state index contributed by atoms with van der Waals surface area (Å²) in [4.78, 5) is 0.965. The van der Waals surface area contributed by atoms with E-state index in [9.17, 15) is 0 Å². The van der Waals surface area contributed by atoms with Gasteiger partial charge in [0.15, 0.2) is 0 Å². The molecule has 0 saturated carbocycles. The Morgan fingerprint density at radius 2 is 1.83 bits per heavy atom. The lowest BCUT2D eigenvalue weighted by molar-refractivity contribution is 0.00148. The van der Waals surface area contributed by atoms with Gasteiger partial charge in [-0.05, 0) is 63.3 Å². The molecule has 0 bridgehead atoms. The van der Waals surface area contributed by atoms with E-state index in [0.29, 0.717) is 0 Å². The molecular weight excluding hydrogens is 316 g/mol. The first-order valence-corrected chi connectivity index (χ1v) is 9.29. The molecule has 0 amide bonds. The minimum absolute atomic E-state index is 0.260. The topological polar surface area (TPSA) is 35.0 Å². The molecule has 0 aliphatic heterocycles. The number of nitrogens with zero attached hydrogens (tertiary/aromatic N) is 2. The van der Waals surface area contributed by atoms with E-state index in [1.54, 1.807) is 0 Å². The van der Waals surface area contributed by atoms with Gasteiger partial charge in [-0.3, -0.25) is 0 Å². The third-order valence-electron chi connectivity index (χ3n) is 4.63. The first kappa shape index (κ1) is 17.4. The number of benzene rings is 1. The standard InChI is InChI=1S/C20H26N2OS/c1-13(2)23-16-6-4-5-7-18-19(12-16)14(3)21-22-20(18)15-8-10-17(24)11-9-15/h8-11,13,16,24H,4-7,12H2,1-3H3. The number of aromatic nitrogens is 2. The van der Waals surface area contributed by atoms with Crippen molar-refractivity contribution in [1.82, 2.24) is 10.2 Å². The minimum atomic E-state index is 0.260. The molecule has 4 heteroatoms. The predicted octanol–water partition coefficient (Wildman–Crippen LogP) is 4.80. The van der Waals surface area contributed by atoms with E-state index in [1.807, 2.05) is 12.1 Å². The van der Waals surface area contributed by atoms with E-state index in [0.717, 1.165) is 41.1 Å². The summed E-state index contributed by atoms with van der Waals surface area (Å²) in [5.74, 6) is 0. The van der Waals surface area contributed by atoms with Gasteiger partial charge >= 0.3 is 0 Å². The molecular formula is C20H26N2OS. The summed E-state index contributed by atoms with van der Waals surface area (Å²) in [7, 11) is 0. The van der Waals surface area contributed by atoms with Gasteiger partial charge < -0.3 is 4.74 Å². The summed E-state index contributed by atoms with van der Waals surface area (Å²) in [5.41, 5.74) is 5.87. The minimum Gasteiger partial charge on any atom is -0.375 e. The van der Waals surface area contributed by atoms with Crippen LogP contribution in [0.15, 0.2) is 29.2 Å². The fourth-order valence-electron chi connectivity index (χ4n) is 3.50. The summed E-state index contributed by atoms with van der Waals surface area (Å²) in [5, 5.41) is 8.99. The summed E-state index contributed by atoms with van der Waals surface area (Å²) in [6.07, 6.45) is 6.05. The van der Waals surface area contributed by atoms with Crippen LogP contribution < -0.4 is 0 Å². The normalized spacial score (nSPS) is 18.1. The average molecular weight is 343 g/mol. The van der Waals surface area contributed by atoms with Crippen LogP contribution in [0.5, 0.6) is 0 Å². The van der Waals surface area contributed by atoms with Gasteiger partial charge in [0.1, 0.15) is 0 Å². The molecule has 1 heterocycles. The summed E-state index contributed by atoms with van der Waals surface area (Å²) in [6, 6.07) is 8.20. The van der Waals surface area contributed by atoms with E-state index in [-0.39, 0.29) is 12.2 Å². The predicted molar refractivity (Wildman–Crippen MR) is 101 cm³/mol. The smallest absolute Gasteiger partial charge is 0.0964 e. The largest absolute Gasteiger partial charge is 0.375 e. The van der Waals surface area contributed by atoms with Crippen molar-refractivity contribution in [2.45, 2.75) is 70.0 Å². The second kappa shape index (κ2) is 7.66. The van der Waals surface area contributed by atoms with Crippen LogP contribution in [-0.4, -0.2) is 22.4 Å². The maximum atomic E-state index is 6.14. The van der Waals surface area contributed by atoms with Crippen LogP contribution in [0.4, 0.5) is 0 Å². The van der Waals surface area contributed by atoms with Crippen LogP contribution in [-0.2, 0) is 17.6 Å². The van der Waals surface area contributed by atoms with Gasteiger partial charge in [-0.2, -0.15) is 5.10 Å². The van der Waals surface area contributed by atoms with Crippen molar-refractivity contribution in [1.29, 1.82) is 0 Å². The Morgan fingerprint density at radius 3 is 2.54 bits per heavy atom. The Balaban J connectivity index is 2.02. The number of fused-ring (bicyclic) bond motifs is 1. The van der Waals surface area contributed by atoms with E-state index in [1.165, 1.54) is 24.0 Å². The van der Waals surface area contributed by atoms with Crippen LogP contribution in [0.25, 0.3) is 11.3 Å². The Labute approximate surface area is 150 Å². The highest BCUT2D eigenvalue weighted by atomic mass is 32.1. The molecule has 1 unspecified atom stereocenters. The first-order chi connectivity index (χ1) is 11.5. The van der Waals surface area contributed by atoms with Crippen molar-refractivity contribution in [3.05, 3.63) is 41.1 Å². The van der Waals surface area contributed by atoms with Crippen LogP contribution in [0.3, 0.4) is 0 Å². The number of hydrogen-bond acceptors (Lipinski definition) is 4. The number of hydrogen-bond donors (Lipinski definition) is 1. The molecule has 3 nitrogen and oxygen atoms in total. The molecule has 0 spiro atoms. The molecule has 0 fully saturated rings. The molecule has 128 valence electrons. The van der Waals surface area contributed by atoms with Gasteiger partial charge in [-0.1, -0.05) is 18.6 Å². The van der Waals surface area contributed by atoms with Crippen LogP contribution in [0.1, 0.15) is 49.9 Å². The molecule has 0 saturated heterocycles. The zero-order valence-electron chi connectivity index (χ0n) is 14.7. The highest BCUT2D eigenvalue weighted by Crippen LogP contribution is 2.31. The van der Waals surface area contributed by atoms with Crippen molar-refractivity contribution in [2.75, 3.05) is 0 Å². The van der Waals surface area contributed by atoms with Gasteiger partial charge in [0.2, 0.25) is 0 Å². The molecule has 24 heavy (non-hydrogen) atoms. The lowest BCUT2D eigenvalue weighted by Crippen LogP contribution is -2.24. The Morgan fingerprint density at radius 1 is 1.08 bits per heavy atom. The molecule has 2 aromatic rings. The first-order valence-electron chi connectivity index (χ1n) is 8.84. The third kappa shape index (κ3) is 3.98. The molecule has 1 aliphatic rings. The molecule has 1 aliphatic carbocycles. The van der Waals surface area contributed by atoms with Gasteiger partial charge in [0, 0.05) is 16.9 Å². The highest BCUT2D eigenvalue weighted by molar-refractivity contribution is 7.80. The van der Waals surface area contributed by atoms with Gasteiger partial charge in [-0.15, -0.1) is 17.7 Å². The zero-order valence-corrected chi connectivity index (χ0v) is 15.6. The van der Waals surface area contributed by atoms with Crippen molar-refractivity contribution >= 4 is 12.6 Å². The molecule has 1 aromatic heterocycles. The lowest BCUT2D eigenvalue weighted by atomic mass is 9.88. The number of aryl methyl sites for hydroxylation is 1. The summed E-state index contributed by atoms with van der Waals surface area (Å²) < 4.78 is 6.14. The monoisotopic (exact) mass is 342 g/mol. The number of rotatable bonds is 3. The molecule has 1 atom stereocenters. The van der Waals surface area contributed by atoms with Crippen molar-refractivity contribution in [3.63, 3.8) is 0 Å². The molecule has 0 N–H and O–H groups in total. The third-order valence-corrected chi connectivity index (χ3v) is 4.93. The fourth-order valence-corrected chi connectivity index (χ4v) is 3.65. The van der Waals surface area contributed by atoms with Gasteiger partial charge in [0.05, 0.1) is 23.6 Å². The van der Waals surface area contributed by atoms with Crippen LogP contribution >= 0.6 is 12.6 Å². The van der Waals surface area contributed by atoms with E-state index >= 15 is 0 Å². The molecule has 3 rings (SSSR count). The van der Waals surface area contributed by atoms with Crippen LogP contribution in [0.2, 0.25) is 0 Å². The Bertz CT molecular complexity index is 698. The highest BCUT2D eigenvalue weighted by Gasteiger charge is 2.22. The van der Waals surface area contributed by atoms with E-state index < -0.39 is 0 Å². The summed E-state index contributed by atoms with van der Waals surface area (Å²) in [6.45, 7) is 6.30. The maximum Gasteiger partial charge on any atom is 0.0964 e. The van der Waals surface area contributed by atoms with Crippen LogP contribution in [0, 0.1) is 6.92 Å². The van der Waals surface area contributed by atoms with Gasteiger partial charge in [-0.25, -0.2) is 0 Å². The summed E-state index contributed by atoms with van der Waals surface area (Å²) >= 11 is 4.38. The Hall–Kier alpha value is -1.39. The van der Waals surface area contributed by atoms with E-state index in [2.05, 4.69) is 55.7 Å². The number of thiol groups is 1. The molecule has 1 aromatic carbocycles. The Kier molecular flexibility index (Phi) is 5.57. The molecule has 0 radical (unpaired) electrons.